The van der Waals surface area contributed by atoms with Gasteiger partial charge in [0.1, 0.15) is 11.4 Å². The molecular formula is C18H15N3O2. The Bertz CT molecular complexity index is 831. The molecule has 1 heterocycles. The summed E-state index contributed by atoms with van der Waals surface area (Å²) < 4.78 is 0. The molecule has 0 aliphatic carbocycles. The van der Waals surface area contributed by atoms with E-state index in [0.717, 1.165) is 11.1 Å². The second kappa shape index (κ2) is 6.27. The van der Waals surface area contributed by atoms with E-state index in [0.29, 0.717) is 17.2 Å². The lowest BCUT2D eigenvalue weighted by Crippen LogP contribution is -2.10. The van der Waals surface area contributed by atoms with Crippen LogP contribution in [-0.2, 0) is 4.79 Å². The van der Waals surface area contributed by atoms with Crippen LogP contribution < -0.4 is 5.32 Å². The number of benzene rings is 2. The van der Waals surface area contributed by atoms with Gasteiger partial charge in [-0.2, -0.15) is 0 Å². The van der Waals surface area contributed by atoms with Crippen LogP contribution in [0.4, 0.5) is 5.82 Å². The third-order valence-electron chi connectivity index (χ3n) is 3.28. The van der Waals surface area contributed by atoms with Crippen molar-refractivity contribution in [3.8, 4) is 28.3 Å². The van der Waals surface area contributed by atoms with E-state index < -0.39 is 0 Å². The smallest absolute Gasteiger partial charge is 0.222 e. The van der Waals surface area contributed by atoms with Crippen molar-refractivity contribution in [1.29, 1.82) is 0 Å². The predicted octanol–water partition coefficient (Wildman–Crippen LogP) is 3.47. The van der Waals surface area contributed by atoms with Crippen LogP contribution in [0.3, 0.4) is 0 Å². The largest absolute Gasteiger partial charge is 0.508 e. The van der Waals surface area contributed by atoms with Gasteiger partial charge < -0.3 is 10.4 Å². The first-order valence-electron chi connectivity index (χ1n) is 7.13. The summed E-state index contributed by atoms with van der Waals surface area (Å²) in [6.45, 7) is 1.42. The second-order valence-corrected chi connectivity index (χ2v) is 5.05. The molecule has 0 fully saturated rings. The minimum atomic E-state index is -0.216. The SMILES string of the molecule is CC(=O)Nc1ncc(-c2ccccc2)nc1-c1ccc(O)cc1. The first-order valence-corrected chi connectivity index (χ1v) is 7.13. The number of hydrogen-bond donors (Lipinski definition) is 2. The first-order chi connectivity index (χ1) is 11.1. The van der Waals surface area contributed by atoms with Crippen LogP contribution in [0.1, 0.15) is 6.92 Å². The average molecular weight is 305 g/mol. The number of phenolic OH excluding ortho intramolecular Hbond substituents is 1. The van der Waals surface area contributed by atoms with Crippen LogP contribution in [0.25, 0.3) is 22.5 Å². The molecule has 2 N–H and O–H groups in total. The zero-order chi connectivity index (χ0) is 16.2. The number of aromatic hydroxyl groups is 1. The van der Waals surface area contributed by atoms with Crippen LogP contribution in [0.5, 0.6) is 5.75 Å². The Labute approximate surface area is 133 Å². The lowest BCUT2D eigenvalue weighted by atomic mass is 10.1. The topological polar surface area (TPSA) is 75.1 Å². The number of aromatic nitrogens is 2. The number of rotatable bonds is 3. The van der Waals surface area contributed by atoms with Gasteiger partial charge in [0.2, 0.25) is 5.91 Å². The van der Waals surface area contributed by atoms with E-state index in [-0.39, 0.29) is 11.7 Å². The summed E-state index contributed by atoms with van der Waals surface area (Å²) in [5.41, 5.74) is 2.97. The summed E-state index contributed by atoms with van der Waals surface area (Å²) >= 11 is 0. The van der Waals surface area contributed by atoms with Crippen molar-refractivity contribution >= 4 is 11.7 Å². The molecule has 1 amide bonds. The van der Waals surface area contributed by atoms with Crippen molar-refractivity contribution < 1.29 is 9.90 Å². The van der Waals surface area contributed by atoms with Gasteiger partial charge in [-0.1, -0.05) is 30.3 Å². The van der Waals surface area contributed by atoms with Crippen LogP contribution >= 0.6 is 0 Å². The highest BCUT2D eigenvalue weighted by Crippen LogP contribution is 2.28. The molecule has 0 spiro atoms. The van der Waals surface area contributed by atoms with Gasteiger partial charge in [-0.05, 0) is 24.3 Å². The van der Waals surface area contributed by atoms with Crippen molar-refractivity contribution in [3.63, 3.8) is 0 Å². The number of carbonyl (C=O) groups excluding carboxylic acids is 1. The predicted molar refractivity (Wildman–Crippen MR) is 88.9 cm³/mol. The molecule has 3 aromatic rings. The van der Waals surface area contributed by atoms with Gasteiger partial charge in [0.05, 0.1) is 11.9 Å². The summed E-state index contributed by atoms with van der Waals surface area (Å²) in [5, 5.41) is 12.1. The molecule has 0 bridgehead atoms. The van der Waals surface area contributed by atoms with Crippen molar-refractivity contribution in [2.75, 3.05) is 5.32 Å². The summed E-state index contributed by atoms with van der Waals surface area (Å²) in [6, 6.07) is 16.3. The molecule has 0 aliphatic rings. The monoisotopic (exact) mass is 305 g/mol. The van der Waals surface area contributed by atoms with E-state index in [2.05, 4.69) is 15.3 Å². The molecule has 0 saturated heterocycles. The quantitative estimate of drug-likeness (QED) is 0.777. The van der Waals surface area contributed by atoms with Gasteiger partial charge in [-0.3, -0.25) is 4.79 Å². The highest BCUT2D eigenvalue weighted by molar-refractivity contribution is 5.92. The molecule has 0 saturated carbocycles. The molecule has 1 aromatic heterocycles. The van der Waals surface area contributed by atoms with E-state index in [1.54, 1.807) is 30.5 Å². The molecule has 0 radical (unpaired) electrons. The van der Waals surface area contributed by atoms with Gasteiger partial charge in [0.25, 0.3) is 0 Å². The molecular weight excluding hydrogens is 290 g/mol. The van der Waals surface area contributed by atoms with Crippen LogP contribution in [0, 0.1) is 0 Å². The molecule has 5 heteroatoms. The molecule has 3 rings (SSSR count). The molecule has 0 unspecified atom stereocenters. The number of amides is 1. The maximum Gasteiger partial charge on any atom is 0.222 e. The summed E-state index contributed by atoms with van der Waals surface area (Å²) in [6.07, 6.45) is 1.63. The van der Waals surface area contributed by atoms with Crippen LogP contribution in [0.15, 0.2) is 60.8 Å². The third-order valence-corrected chi connectivity index (χ3v) is 3.28. The fraction of sp³-hybridized carbons (Fsp3) is 0.0556. The number of phenols is 1. The molecule has 114 valence electrons. The van der Waals surface area contributed by atoms with Crippen LogP contribution in [-0.4, -0.2) is 21.0 Å². The Morgan fingerprint density at radius 1 is 1.00 bits per heavy atom. The molecule has 23 heavy (non-hydrogen) atoms. The Hall–Kier alpha value is -3.21. The standard InChI is InChI=1S/C18H15N3O2/c1-12(22)20-18-17(14-7-9-15(23)10-8-14)21-16(11-19-18)13-5-3-2-4-6-13/h2-11,23H,1H3,(H,19,20,22). The fourth-order valence-corrected chi connectivity index (χ4v) is 2.22. The van der Waals surface area contributed by atoms with E-state index in [9.17, 15) is 9.90 Å². The highest BCUT2D eigenvalue weighted by atomic mass is 16.3. The van der Waals surface area contributed by atoms with Crippen molar-refractivity contribution in [2.45, 2.75) is 6.92 Å². The van der Waals surface area contributed by atoms with Crippen LogP contribution in [0.2, 0.25) is 0 Å². The summed E-state index contributed by atoms with van der Waals surface area (Å²) in [4.78, 5) is 20.4. The van der Waals surface area contributed by atoms with Gasteiger partial charge in [-0.15, -0.1) is 0 Å². The minimum absolute atomic E-state index is 0.169. The normalized spacial score (nSPS) is 10.3. The van der Waals surface area contributed by atoms with E-state index in [1.165, 1.54) is 6.92 Å². The zero-order valence-electron chi connectivity index (χ0n) is 12.5. The molecule has 5 nitrogen and oxygen atoms in total. The van der Waals surface area contributed by atoms with Gasteiger partial charge in [-0.25, -0.2) is 9.97 Å². The lowest BCUT2D eigenvalue weighted by Gasteiger charge is -2.10. The fourth-order valence-electron chi connectivity index (χ4n) is 2.22. The van der Waals surface area contributed by atoms with Gasteiger partial charge in [0, 0.05) is 18.1 Å². The van der Waals surface area contributed by atoms with Crippen molar-refractivity contribution in [3.05, 3.63) is 60.8 Å². The number of carbonyl (C=O) groups is 1. The molecule has 0 aliphatic heterocycles. The lowest BCUT2D eigenvalue weighted by molar-refractivity contribution is -0.114. The average Bonchev–Trinajstić information content (AvgIpc) is 2.56. The number of nitrogens with one attached hydrogen (secondary N) is 1. The van der Waals surface area contributed by atoms with E-state index in [1.807, 2.05) is 30.3 Å². The molecule has 2 aromatic carbocycles. The van der Waals surface area contributed by atoms with E-state index >= 15 is 0 Å². The van der Waals surface area contributed by atoms with Gasteiger partial charge in [0.15, 0.2) is 5.82 Å². The number of anilines is 1. The highest BCUT2D eigenvalue weighted by Gasteiger charge is 2.12. The second-order valence-electron chi connectivity index (χ2n) is 5.05. The third kappa shape index (κ3) is 3.35. The molecule has 0 atom stereocenters. The Balaban J connectivity index is 2.12. The summed E-state index contributed by atoms with van der Waals surface area (Å²) in [7, 11) is 0. The minimum Gasteiger partial charge on any atom is -0.508 e. The Morgan fingerprint density at radius 3 is 2.35 bits per heavy atom. The number of nitrogens with zero attached hydrogens (tertiary/aromatic N) is 2. The Kier molecular flexibility index (Phi) is 4.01. The first kappa shape index (κ1) is 14.7. The summed E-state index contributed by atoms with van der Waals surface area (Å²) in [5.74, 6) is 0.344. The Morgan fingerprint density at radius 2 is 1.70 bits per heavy atom. The zero-order valence-corrected chi connectivity index (χ0v) is 12.5. The maximum absolute atomic E-state index is 11.4. The van der Waals surface area contributed by atoms with Crippen molar-refractivity contribution in [1.82, 2.24) is 9.97 Å². The van der Waals surface area contributed by atoms with Crippen molar-refractivity contribution in [2.24, 2.45) is 0 Å². The van der Waals surface area contributed by atoms with Gasteiger partial charge >= 0.3 is 0 Å². The number of hydrogen-bond acceptors (Lipinski definition) is 4. The maximum atomic E-state index is 11.4. The van der Waals surface area contributed by atoms with E-state index in [4.69, 9.17) is 0 Å².